The number of sulfonamides is 1. The van der Waals surface area contributed by atoms with Gasteiger partial charge in [-0.3, -0.25) is 4.79 Å². The van der Waals surface area contributed by atoms with Crippen LogP contribution in [-0.2, 0) is 14.8 Å². The summed E-state index contributed by atoms with van der Waals surface area (Å²) in [5.74, 6) is -0.0448. The highest BCUT2D eigenvalue weighted by Gasteiger charge is 2.31. The fraction of sp³-hybridized carbons (Fsp3) is 0.900. The fourth-order valence-corrected chi connectivity index (χ4v) is 3.12. The van der Waals surface area contributed by atoms with Gasteiger partial charge in [-0.1, -0.05) is 0 Å². The Hall–Kier alpha value is -0.620. The minimum atomic E-state index is -3.15. The molecule has 1 rings (SSSR count). The van der Waals surface area contributed by atoms with E-state index in [1.54, 1.807) is 21.0 Å². The van der Waals surface area contributed by atoms with Crippen molar-refractivity contribution in [1.82, 2.24) is 9.21 Å². The van der Waals surface area contributed by atoms with Crippen LogP contribution in [0.25, 0.3) is 0 Å². The van der Waals surface area contributed by atoms with Gasteiger partial charge in [-0.15, -0.1) is 0 Å². The average Bonchev–Trinajstić information content (AvgIpc) is 2.28. The Balaban J connectivity index is 2.71. The molecule has 1 atom stereocenters. The number of rotatable bonds is 3. The zero-order chi connectivity index (χ0) is 12.3. The molecule has 0 aromatic carbocycles. The predicted octanol–water partition coefficient (Wildman–Crippen LogP) is 0.136. The second-order valence-corrected chi connectivity index (χ2v) is 6.59. The van der Waals surface area contributed by atoms with E-state index in [0.717, 1.165) is 12.8 Å². The highest BCUT2D eigenvalue weighted by atomic mass is 32.2. The molecule has 1 fully saturated rings. The van der Waals surface area contributed by atoms with Gasteiger partial charge >= 0.3 is 0 Å². The zero-order valence-corrected chi connectivity index (χ0v) is 11.0. The Labute approximate surface area is 97.5 Å². The summed E-state index contributed by atoms with van der Waals surface area (Å²) < 4.78 is 24.8. The molecule has 0 spiro atoms. The summed E-state index contributed by atoms with van der Waals surface area (Å²) in [6.45, 7) is 2.52. The number of carbonyl (C=O) groups is 1. The lowest BCUT2D eigenvalue weighted by atomic mass is 9.98. The number of hydrogen-bond acceptors (Lipinski definition) is 3. The molecule has 0 aromatic rings. The number of hydrogen-bond donors (Lipinski definition) is 0. The molecule has 0 aliphatic carbocycles. The van der Waals surface area contributed by atoms with E-state index in [4.69, 9.17) is 0 Å². The normalized spacial score (nSPS) is 23.1. The van der Waals surface area contributed by atoms with Crippen LogP contribution >= 0.6 is 0 Å². The molecule has 1 amide bonds. The molecule has 1 aliphatic rings. The molecule has 1 saturated heterocycles. The first-order chi connectivity index (χ1) is 7.38. The van der Waals surface area contributed by atoms with Crippen molar-refractivity contribution in [3.63, 3.8) is 0 Å². The Bertz CT molecular complexity index is 351. The lowest BCUT2D eigenvalue weighted by Crippen LogP contribution is -2.45. The predicted molar refractivity (Wildman–Crippen MR) is 62.5 cm³/mol. The molecule has 0 radical (unpaired) electrons. The van der Waals surface area contributed by atoms with E-state index < -0.39 is 10.0 Å². The molecule has 1 aliphatic heterocycles. The van der Waals surface area contributed by atoms with Gasteiger partial charge in [0.05, 0.1) is 11.7 Å². The second-order valence-electron chi connectivity index (χ2n) is 4.33. The average molecular weight is 248 g/mol. The smallest absolute Gasteiger partial charge is 0.226 e. The number of amides is 1. The summed E-state index contributed by atoms with van der Waals surface area (Å²) >= 11 is 0. The lowest BCUT2D eigenvalue weighted by Gasteiger charge is -2.32. The second kappa shape index (κ2) is 5.14. The molecule has 0 N–H and O–H groups in total. The van der Waals surface area contributed by atoms with E-state index in [0.29, 0.717) is 13.1 Å². The highest BCUT2D eigenvalue weighted by Crippen LogP contribution is 2.20. The van der Waals surface area contributed by atoms with Crippen LogP contribution in [0.3, 0.4) is 0 Å². The van der Waals surface area contributed by atoms with Crippen LogP contribution < -0.4 is 0 Å². The molecular weight excluding hydrogens is 228 g/mol. The molecule has 6 heteroatoms. The monoisotopic (exact) mass is 248 g/mol. The third-order valence-electron chi connectivity index (χ3n) is 2.93. The molecule has 0 saturated carbocycles. The summed E-state index contributed by atoms with van der Waals surface area (Å²) in [4.78, 5) is 13.3. The Morgan fingerprint density at radius 3 is 2.56 bits per heavy atom. The summed E-state index contributed by atoms with van der Waals surface area (Å²) in [6.07, 6.45) is 1.55. The topological polar surface area (TPSA) is 57.7 Å². The SMILES string of the molecule is CCS(=O)(=O)N1CCC[C@@H](C(=O)N(C)C)C1. The zero-order valence-electron chi connectivity index (χ0n) is 10.1. The summed E-state index contributed by atoms with van der Waals surface area (Å²) in [6, 6.07) is 0. The highest BCUT2D eigenvalue weighted by molar-refractivity contribution is 7.89. The van der Waals surface area contributed by atoms with Gasteiger partial charge in [0.25, 0.3) is 0 Å². The summed E-state index contributed by atoms with van der Waals surface area (Å²) in [5.41, 5.74) is 0. The Kier molecular flexibility index (Phi) is 4.32. The van der Waals surface area contributed by atoms with Gasteiger partial charge in [-0.2, -0.15) is 0 Å². The van der Waals surface area contributed by atoms with E-state index in [9.17, 15) is 13.2 Å². The van der Waals surface area contributed by atoms with Crippen molar-refractivity contribution in [2.24, 2.45) is 5.92 Å². The van der Waals surface area contributed by atoms with Crippen LogP contribution in [-0.4, -0.2) is 56.5 Å². The molecule has 0 bridgehead atoms. The van der Waals surface area contributed by atoms with Crippen molar-refractivity contribution >= 4 is 15.9 Å². The van der Waals surface area contributed by atoms with Gasteiger partial charge in [0.15, 0.2) is 0 Å². The van der Waals surface area contributed by atoms with Crippen LogP contribution in [0.2, 0.25) is 0 Å². The maximum atomic E-state index is 11.8. The Morgan fingerprint density at radius 1 is 1.44 bits per heavy atom. The van der Waals surface area contributed by atoms with Gasteiger partial charge < -0.3 is 4.90 Å². The van der Waals surface area contributed by atoms with Crippen LogP contribution in [0.15, 0.2) is 0 Å². The molecule has 0 unspecified atom stereocenters. The molecule has 16 heavy (non-hydrogen) atoms. The fourth-order valence-electron chi connectivity index (χ4n) is 1.94. The van der Waals surface area contributed by atoms with Crippen LogP contribution in [0.5, 0.6) is 0 Å². The van der Waals surface area contributed by atoms with Gasteiger partial charge in [0, 0.05) is 27.2 Å². The summed E-state index contributed by atoms with van der Waals surface area (Å²) in [7, 11) is 0.257. The van der Waals surface area contributed by atoms with E-state index in [2.05, 4.69) is 0 Å². The number of carbonyl (C=O) groups excluding carboxylic acids is 1. The van der Waals surface area contributed by atoms with E-state index in [-0.39, 0.29) is 17.6 Å². The molecule has 94 valence electrons. The van der Waals surface area contributed by atoms with Gasteiger partial charge in [0.1, 0.15) is 0 Å². The van der Waals surface area contributed by atoms with Gasteiger partial charge in [-0.05, 0) is 19.8 Å². The van der Waals surface area contributed by atoms with Gasteiger partial charge in [0.2, 0.25) is 15.9 Å². The quantitative estimate of drug-likeness (QED) is 0.713. The third-order valence-corrected chi connectivity index (χ3v) is 4.78. The minimum absolute atomic E-state index is 0.0241. The van der Waals surface area contributed by atoms with Gasteiger partial charge in [-0.25, -0.2) is 12.7 Å². The largest absolute Gasteiger partial charge is 0.349 e. The van der Waals surface area contributed by atoms with Crippen LogP contribution in [0.1, 0.15) is 19.8 Å². The van der Waals surface area contributed by atoms with Crippen molar-refractivity contribution in [2.45, 2.75) is 19.8 Å². The molecule has 1 heterocycles. The van der Waals surface area contributed by atoms with E-state index in [1.807, 2.05) is 0 Å². The first-order valence-corrected chi connectivity index (χ1v) is 7.18. The van der Waals surface area contributed by atoms with Crippen molar-refractivity contribution in [2.75, 3.05) is 32.9 Å². The lowest BCUT2D eigenvalue weighted by molar-refractivity contribution is -0.134. The number of nitrogens with zero attached hydrogens (tertiary/aromatic N) is 2. The molecular formula is C10H20N2O3S. The Morgan fingerprint density at radius 2 is 2.06 bits per heavy atom. The first kappa shape index (κ1) is 13.4. The van der Waals surface area contributed by atoms with Crippen molar-refractivity contribution in [3.8, 4) is 0 Å². The van der Waals surface area contributed by atoms with E-state index >= 15 is 0 Å². The van der Waals surface area contributed by atoms with Crippen LogP contribution in [0, 0.1) is 5.92 Å². The van der Waals surface area contributed by atoms with Crippen molar-refractivity contribution in [3.05, 3.63) is 0 Å². The van der Waals surface area contributed by atoms with Crippen LogP contribution in [0.4, 0.5) is 0 Å². The molecule has 5 nitrogen and oxygen atoms in total. The molecule has 0 aromatic heterocycles. The third kappa shape index (κ3) is 2.95. The van der Waals surface area contributed by atoms with Crippen molar-refractivity contribution < 1.29 is 13.2 Å². The van der Waals surface area contributed by atoms with E-state index in [1.165, 1.54) is 9.21 Å². The minimum Gasteiger partial charge on any atom is -0.349 e. The summed E-state index contributed by atoms with van der Waals surface area (Å²) in [5, 5.41) is 0. The van der Waals surface area contributed by atoms with Crippen molar-refractivity contribution in [1.29, 1.82) is 0 Å². The maximum absolute atomic E-state index is 11.8. The number of piperidine rings is 1. The maximum Gasteiger partial charge on any atom is 0.226 e. The first-order valence-electron chi connectivity index (χ1n) is 5.57. The standard InChI is InChI=1S/C10H20N2O3S/c1-4-16(14,15)12-7-5-6-9(8-12)10(13)11(2)3/h9H,4-8H2,1-3H3/t9-/m1/s1.